The van der Waals surface area contributed by atoms with E-state index in [1.54, 1.807) is 21.6 Å². The highest BCUT2D eigenvalue weighted by molar-refractivity contribution is 8.26. The van der Waals surface area contributed by atoms with Crippen molar-refractivity contribution in [3.05, 3.63) is 44.7 Å². The number of anilines is 1. The van der Waals surface area contributed by atoms with Crippen molar-refractivity contribution in [1.29, 1.82) is 0 Å². The lowest BCUT2D eigenvalue weighted by molar-refractivity contribution is -0.122. The fraction of sp³-hybridized carbons (Fsp3) is 0.455. The lowest BCUT2D eigenvalue weighted by Crippen LogP contribution is -2.31. The standard InChI is InChI=1S/C22H28N4O2S2/c1-5-10-24(11-6-2)19-16(13-17-21(28)25(12-7-3)22(29)30-17)20(27)26-14-15(4)8-9-18(26)23-19/h8-9,13-14H,5-7,10-12H2,1-4H3/b17-13-. The molecule has 1 amide bonds. The largest absolute Gasteiger partial charge is 0.356 e. The van der Waals surface area contributed by atoms with E-state index < -0.39 is 0 Å². The molecule has 0 atom stereocenters. The lowest BCUT2D eigenvalue weighted by Gasteiger charge is -2.24. The summed E-state index contributed by atoms with van der Waals surface area (Å²) in [5.41, 5.74) is 1.85. The van der Waals surface area contributed by atoms with Crippen molar-refractivity contribution in [1.82, 2.24) is 14.3 Å². The molecule has 3 heterocycles. The molecule has 0 aliphatic carbocycles. The van der Waals surface area contributed by atoms with Crippen molar-refractivity contribution in [2.45, 2.75) is 47.0 Å². The van der Waals surface area contributed by atoms with Gasteiger partial charge in [-0.3, -0.25) is 18.9 Å². The second-order valence-electron chi connectivity index (χ2n) is 7.41. The zero-order valence-corrected chi connectivity index (χ0v) is 19.6. The van der Waals surface area contributed by atoms with E-state index in [2.05, 4.69) is 18.7 Å². The molecule has 3 rings (SSSR count). The Balaban J connectivity index is 2.22. The van der Waals surface area contributed by atoms with Gasteiger partial charge in [0.2, 0.25) is 0 Å². The van der Waals surface area contributed by atoms with Gasteiger partial charge in [-0.05, 0) is 43.9 Å². The zero-order chi connectivity index (χ0) is 21.8. The van der Waals surface area contributed by atoms with Gasteiger partial charge in [0.1, 0.15) is 15.8 Å². The minimum Gasteiger partial charge on any atom is -0.356 e. The number of hydrogen-bond donors (Lipinski definition) is 0. The maximum absolute atomic E-state index is 13.5. The van der Waals surface area contributed by atoms with Crippen LogP contribution in [0.4, 0.5) is 5.82 Å². The van der Waals surface area contributed by atoms with Crippen LogP contribution < -0.4 is 10.5 Å². The molecule has 0 aromatic carbocycles. The average Bonchev–Trinajstić information content (AvgIpc) is 2.98. The highest BCUT2D eigenvalue weighted by atomic mass is 32.2. The molecular weight excluding hydrogens is 416 g/mol. The molecule has 0 spiro atoms. The molecule has 0 unspecified atom stereocenters. The molecular formula is C22H28N4O2S2. The van der Waals surface area contributed by atoms with Gasteiger partial charge < -0.3 is 4.90 Å². The Kier molecular flexibility index (Phi) is 7.31. The van der Waals surface area contributed by atoms with Gasteiger partial charge in [0.05, 0.1) is 10.5 Å². The number of carbonyl (C=O) groups is 1. The summed E-state index contributed by atoms with van der Waals surface area (Å²) < 4.78 is 2.10. The molecule has 30 heavy (non-hydrogen) atoms. The fourth-order valence-corrected chi connectivity index (χ4v) is 4.82. The van der Waals surface area contributed by atoms with Gasteiger partial charge in [0.25, 0.3) is 11.5 Å². The Morgan fingerprint density at radius 2 is 1.83 bits per heavy atom. The van der Waals surface area contributed by atoms with Gasteiger partial charge in [0, 0.05) is 25.8 Å². The number of rotatable bonds is 8. The first kappa shape index (κ1) is 22.5. The Morgan fingerprint density at radius 3 is 2.47 bits per heavy atom. The first-order chi connectivity index (χ1) is 14.4. The quantitative estimate of drug-likeness (QED) is 0.448. The monoisotopic (exact) mass is 444 g/mol. The second-order valence-corrected chi connectivity index (χ2v) is 9.09. The van der Waals surface area contributed by atoms with E-state index in [0.717, 1.165) is 37.9 Å². The van der Waals surface area contributed by atoms with Crippen molar-refractivity contribution >= 4 is 51.7 Å². The normalized spacial score (nSPS) is 15.6. The van der Waals surface area contributed by atoms with Crippen LogP contribution in [0, 0.1) is 6.92 Å². The van der Waals surface area contributed by atoms with Gasteiger partial charge in [-0.2, -0.15) is 0 Å². The van der Waals surface area contributed by atoms with E-state index in [-0.39, 0.29) is 11.5 Å². The SMILES string of the molecule is CCCN1C(=O)/C(=C/c2c(N(CCC)CCC)nc3ccc(C)cn3c2=O)SC1=S. The zero-order valence-electron chi connectivity index (χ0n) is 18.0. The van der Waals surface area contributed by atoms with Gasteiger partial charge in [0.15, 0.2) is 0 Å². The van der Waals surface area contributed by atoms with E-state index in [9.17, 15) is 9.59 Å². The summed E-state index contributed by atoms with van der Waals surface area (Å²) in [5.74, 6) is 0.498. The molecule has 1 fully saturated rings. The van der Waals surface area contributed by atoms with Crippen LogP contribution in [0.2, 0.25) is 0 Å². The molecule has 2 aromatic heterocycles. The van der Waals surface area contributed by atoms with Crippen molar-refractivity contribution in [2.24, 2.45) is 0 Å². The molecule has 1 aliphatic rings. The average molecular weight is 445 g/mol. The highest BCUT2D eigenvalue weighted by Gasteiger charge is 2.32. The number of aromatic nitrogens is 2. The summed E-state index contributed by atoms with van der Waals surface area (Å²) in [5, 5.41) is 0. The van der Waals surface area contributed by atoms with E-state index in [1.165, 1.54) is 11.8 Å². The topological polar surface area (TPSA) is 57.9 Å². The molecule has 8 heteroatoms. The number of fused-ring (bicyclic) bond motifs is 1. The first-order valence-corrected chi connectivity index (χ1v) is 11.7. The van der Waals surface area contributed by atoms with Crippen molar-refractivity contribution in [3.63, 3.8) is 0 Å². The van der Waals surface area contributed by atoms with Crippen LogP contribution in [-0.4, -0.2) is 44.1 Å². The van der Waals surface area contributed by atoms with E-state index in [4.69, 9.17) is 17.2 Å². The Labute approximate surface area is 187 Å². The maximum atomic E-state index is 13.5. The summed E-state index contributed by atoms with van der Waals surface area (Å²) in [7, 11) is 0. The lowest BCUT2D eigenvalue weighted by atomic mass is 10.2. The molecule has 0 N–H and O–H groups in total. The number of hydrogen-bond acceptors (Lipinski definition) is 6. The molecule has 6 nitrogen and oxygen atoms in total. The van der Waals surface area contributed by atoms with Crippen LogP contribution in [0.5, 0.6) is 0 Å². The number of nitrogens with zero attached hydrogens (tertiary/aromatic N) is 4. The number of amides is 1. The maximum Gasteiger partial charge on any atom is 0.267 e. The van der Waals surface area contributed by atoms with Crippen molar-refractivity contribution < 1.29 is 4.79 Å². The summed E-state index contributed by atoms with van der Waals surface area (Å²) in [6.07, 6.45) is 6.18. The number of thioether (sulfide) groups is 1. The fourth-order valence-electron chi connectivity index (χ4n) is 3.53. The van der Waals surface area contributed by atoms with Crippen molar-refractivity contribution in [3.8, 4) is 0 Å². The van der Waals surface area contributed by atoms with Crippen LogP contribution in [-0.2, 0) is 4.79 Å². The minimum absolute atomic E-state index is 0.135. The van der Waals surface area contributed by atoms with Gasteiger partial charge in [-0.1, -0.05) is 50.8 Å². The molecule has 1 saturated heterocycles. The van der Waals surface area contributed by atoms with Gasteiger partial charge in [-0.15, -0.1) is 0 Å². The highest BCUT2D eigenvalue weighted by Crippen LogP contribution is 2.33. The molecule has 0 radical (unpaired) electrons. The number of aryl methyl sites for hydroxylation is 1. The van der Waals surface area contributed by atoms with Crippen molar-refractivity contribution in [2.75, 3.05) is 24.5 Å². The Bertz CT molecular complexity index is 1060. The minimum atomic E-state index is -0.170. The Morgan fingerprint density at radius 1 is 1.13 bits per heavy atom. The van der Waals surface area contributed by atoms with Crippen LogP contribution >= 0.6 is 24.0 Å². The van der Waals surface area contributed by atoms with Crippen LogP contribution in [0.3, 0.4) is 0 Å². The summed E-state index contributed by atoms with van der Waals surface area (Å²) in [4.78, 5) is 35.4. The van der Waals surface area contributed by atoms with E-state index >= 15 is 0 Å². The molecule has 160 valence electrons. The van der Waals surface area contributed by atoms with Gasteiger partial charge in [-0.25, -0.2) is 4.98 Å². The predicted molar refractivity (Wildman–Crippen MR) is 129 cm³/mol. The first-order valence-electron chi connectivity index (χ1n) is 10.4. The summed E-state index contributed by atoms with van der Waals surface area (Å²) in [6, 6.07) is 3.81. The number of carbonyl (C=O) groups excluding carboxylic acids is 1. The van der Waals surface area contributed by atoms with E-state index in [0.29, 0.717) is 32.8 Å². The third-order valence-corrected chi connectivity index (χ3v) is 6.25. The molecule has 0 bridgehead atoms. The van der Waals surface area contributed by atoms with E-state index in [1.807, 2.05) is 26.0 Å². The molecule has 0 saturated carbocycles. The third kappa shape index (κ3) is 4.44. The van der Waals surface area contributed by atoms with Gasteiger partial charge >= 0.3 is 0 Å². The third-order valence-electron chi connectivity index (χ3n) is 4.87. The second kappa shape index (κ2) is 9.75. The smallest absolute Gasteiger partial charge is 0.267 e. The Hall–Kier alpha value is -2.19. The molecule has 1 aliphatic heterocycles. The predicted octanol–water partition coefficient (Wildman–Crippen LogP) is 4.24. The summed E-state index contributed by atoms with van der Waals surface area (Å²) in [6.45, 7) is 10.3. The van der Waals surface area contributed by atoms with Crippen LogP contribution in [0.25, 0.3) is 11.7 Å². The van der Waals surface area contributed by atoms with Crippen LogP contribution in [0.15, 0.2) is 28.0 Å². The number of thiocarbonyl (C=S) groups is 1. The number of pyridine rings is 1. The summed E-state index contributed by atoms with van der Waals surface area (Å²) >= 11 is 6.64. The van der Waals surface area contributed by atoms with Crippen LogP contribution in [0.1, 0.15) is 51.2 Å². The molecule has 2 aromatic rings.